The third-order valence-electron chi connectivity index (χ3n) is 6.39. The smallest absolute Gasteiger partial charge is 0.317 e. The molecule has 1 fully saturated rings. The molecule has 180 valence electrons. The van der Waals surface area contributed by atoms with E-state index in [1.165, 1.54) is 5.56 Å². The van der Waals surface area contributed by atoms with Crippen LogP contribution in [0.15, 0.2) is 42.5 Å². The number of aryl methyl sites for hydroxylation is 2. The number of carbonyl (C=O) groups is 2. The van der Waals surface area contributed by atoms with Gasteiger partial charge in [0.05, 0.1) is 17.6 Å². The van der Waals surface area contributed by atoms with Crippen molar-refractivity contribution in [2.24, 2.45) is 0 Å². The van der Waals surface area contributed by atoms with Crippen molar-refractivity contribution in [1.29, 1.82) is 0 Å². The van der Waals surface area contributed by atoms with E-state index in [9.17, 15) is 9.59 Å². The van der Waals surface area contributed by atoms with Gasteiger partial charge in [-0.25, -0.2) is 9.78 Å². The molecule has 1 aliphatic rings. The fourth-order valence-corrected chi connectivity index (χ4v) is 4.35. The zero-order valence-electron chi connectivity index (χ0n) is 20.5. The normalized spacial score (nSPS) is 14.4. The first-order valence-electron chi connectivity index (χ1n) is 11.9. The summed E-state index contributed by atoms with van der Waals surface area (Å²) in [5, 5.41) is 3.03. The summed E-state index contributed by atoms with van der Waals surface area (Å²) in [6.07, 6.45) is 0. The summed E-state index contributed by atoms with van der Waals surface area (Å²) in [7, 11) is 3.51. The summed E-state index contributed by atoms with van der Waals surface area (Å²) in [6, 6.07) is 13.9. The highest BCUT2D eigenvalue weighted by atomic mass is 16.2. The van der Waals surface area contributed by atoms with Gasteiger partial charge in [0.2, 0.25) is 0 Å². The van der Waals surface area contributed by atoms with Crippen LogP contribution in [0.5, 0.6) is 0 Å². The third kappa shape index (κ3) is 5.22. The molecule has 3 aromatic rings. The zero-order chi connectivity index (χ0) is 24.2. The van der Waals surface area contributed by atoms with E-state index in [2.05, 4.69) is 40.8 Å². The Kier molecular flexibility index (Phi) is 7.17. The number of hydrogen-bond donors (Lipinski definition) is 1. The highest BCUT2D eigenvalue weighted by Crippen LogP contribution is 2.20. The predicted molar refractivity (Wildman–Crippen MR) is 134 cm³/mol. The Bertz CT molecular complexity index is 1160. The Morgan fingerprint density at radius 2 is 1.74 bits per heavy atom. The number of aromatic nitrogens is 2. The molecule has 0 atom stereocenters. The van der Waals surface area contributed by atoms with Gasteiger partial charge in [-0.15, -0.1) is 0 Å². The van der Waals surface area contributed by atoms with Gasteiger partial charge in [0.25, 0.3) is 5.91 Å². The number of piperazine rings is 1. The highest BCUT2D eigenvalue weighted by molar-refractivity contribution is 5.97. The van der Waals surface area contributed by atoms with Crippen LogP contribution in [0.3, 0.4) is 0 Å². The molecule has 2 heterocycles. The molecule has 2 aromatic carbocycles. The highest BCUT2D eigenvalue weighted by Gasteiger charge is 2.23. The van der Waals surface area contributed by atoms with Crippen LogP contribution in [-0.4, -0.2) is 76.5 Å². The Morgan fingerprint density at radius 3 is 2.38 bits per heavy atom. The van der Waals surface area contributed by atoms with E-state index < -0.39 is 0 Å². The molecule has 34 heavy (non-hydrogen) atoms. The summed E-state index contributed by atoms with van der Waals surface area (Å²) in [6.45, 7) is 9.22. The third-order valence-corrected chi connectivity index (χ3v) is 6.39. The molecule has 8 nitrogen and oxygen atoms in total. The summed E-state index contributed by atoms with van der Waals surface area (Å²) < 4.78 is 2.21. The van der Waals surface area contributed by atoms with E-state index in [-0.39, 0.29) is 11.9 Å². The first kappa shape index (κ1) is 23.8. The first-order chi connectivity index (χ1) is 16.4. The number of carbonyl (C=O) groups excluding carboxylic acids is 2. The van der Waals surface area contributed by atoms with Gasteiger partial charge in [0, 0.05) is 58.9 Å². The number of hydrogen-bond acceptors (Lipinski definition) is 4. The maximum atomic E-state index is 12.6. The van der Waals surface area contributed by atoms with Crippen LogP contribution >= 0.6 is 0 Å². The summed E-state index contributed by atoms with van der Waals surface area (Å²) in [4.78, 5) is 35.6. The molecule has 0 unspecified atom stereocenters. The topological polar surface area (TPSA) is 73.7 Å². The van der Waals surface area contributed by atoms with E-state index in [4.69, 9.17) is 4.98 Å². The Hall–Kier alpha value is -3.39. The van der Waals surface area contributed by atoms with Crippen molar-refractivity contribution in [3.05, 3.63) is 65.0 Å². The standard InChI is InChI=1S/C26H34N6O2/c1-5-32-23-11-10-21(25(33)29(3)4)16-22(23)28-24(32)18-30-12-14-31(15-13-30)26(34)27-17-20-8-6-19(2)7-9-20/h6-11,16H,5,12-15,17-18H2,1-4H3,(H,27,34). The van der Waals surface area contributed by atoms with Crippen molar-refractivity contribution < 1.29 is 9.59 Å². The number of fused-ring (bicyclic) bond motifs is 1. The quantitative estimate of drug-likeness (QED) is 0.611. The van der Waals surface area contributed by atoms with Crippen molar-refractivity contribution in [3.63, 3.8) is 0 Å². The van der Waals surface area contributed by atoms with E-state index in [0.717, 1.165) is 48.6 Å². The molecular formula is C26H34N6O2. The number of nitrogens with one attached hydrogen (secondary N) is 1. The van der Waals surface area contributed by atoms with Gasteiger partial charge in [-0.3, -0.25) is 9.69 Å². The van der Waals surface area contributed by atoms with Gasteiger partial charge in [0.1, 0.15) is 5.82 Å². The summed E-state index contributed by atoms with van der Waals surface area (Å²) in [5.41, 5.74) is 4.85. The van der Waals surface area contributed by atoms with E-state index >= 15 is 0 Å². The van der Waals surface area contributed by atoms with Crippen LogP contribution in [-0.2, 0) is 19.6 Å². The average Bonchev–Trinajstić information content (AvgIpc) is 3.19. The molecular weight excluding hydrogens is 428 g/mol. The number of benzene rings is 2. The number of nitrogens with zero attached hydrogens (tertiary/aromatic N) is 5. The maximum Gasteiger partial charge on any atom is 0.317 e. The van der Waals surface area contributed by atoms with Crippen LogP contribution in [0.2, 0.25) is 0 Å². The second-order valence-corrected chi connectivity index (χ2v) is 9.08. The fraction of sp³-hybridized carbons (Fsp3) is 0.423. The van der Waals surface area contributed by atoms with Gasteiger partial charge >= 0.3 is 6.03 Å². The Labute approximate surface area is 201 Å². The van der Waals surface area contributed by atoms with Gasteiger partial charge in [-0.2, -0.15) is 0 Å². The number of imidazole rings is 1. The van der Waals surface area contributed by atoms with E-state index in [1.807, 2.05) is 35.2 Å². The predicted octanol–water partition coefficient (Wildman–Crippen LogP) is 3.09. The molecule has 1 saturated heterocycles. The monoisotopic (exact) mass is 462 g/mol. The van der Waals surface area contributed by atoms with Crippen LogP contribution in [0.25, 0.3) is 11.0 Å². The van der Waals surface area contributed by atoms with E-state index in [1.54, 1.807) is 19.0 Å². The molecule has 0 bridgehead atoms. The zero-order valence-corrected chi connectivity index (χ0v) is 20.5. The lowest BCUT2D eigenvalue weighted by Crippen LogP contribution is -2.51. The van der Waals surface area contributed by atoms with Gasteiger partial charge in [-0.05, 0) is 37.6 Å². The van der Waals surface area contributed by atoms with Crippen LogP contribution in [0, 0.1) is 6.92 Å². The Morgan fingerprint density at radius 1 is 1.03 bits per heavy atom. The van der Waals surface area contributed by atoms with Crippen molar-refractivity contribution in [2.75, 3.05) is 40.3 Å². The van der Waals surface area contributed by atoms with Crippen LogP contribution in [0.1, 0.15) is 34.2 Å². The largest absolute Gasteiger partial charge is 0.345 e. The molecule has 8 heteroatoms. The SMILES string of the molecule is CCn1c(CN2CCN(C(=O)NCc3ccc(C)cc3)CC2)nc2cc(C(=O)N(C)C)ccc21. The van der Waals surface area contributed by atoms with Crippen molar-refractivity contribution in [1.82, 2.24) is 29.6 Å². The molecule has 3 amide bonds. The average molecular weight is 463 g/mol. The minimum absolute atomic E-state index is 0.0147. The number of rotatable bonds is 6. The fourth-order valence-electron chi connectivity index (χ4n) is 4.35. The molecule has 4 rings (SSSR count). The lowest BCUT2D eigenvalue weighted by molar-refractivity contribution is 0.0827. The minimum Gasteiger partial charge on any atom is -0.345 e. The number of amides is 3. The molecule has 0 spiro atoms. The lowest BCUT2D eigenvalue weighted by atomic mass is 10.1. The van der Waals surface area contributed by atoms with Crippen molar-refractivity contribution in [2.45, 2.75) is 33.5 Å². The van der Waals surface area contributed by atoms with E-state index in [0.29, 0.717) is 25.2 Å². The van der Waals surface area contributed by atoms with Crippen molar-refractivity contribution >= 4 is 23.0 Å². The molecule has 1 aliphatic heterocycles. The molecule has 1 aromatic heterocycles. The second kappa shape index (κ2) is 10.3. The number of urea groups is 1. The molecule has 0 radical (unpaired) electrons. The second-order valence-electron chi connectivity index (χ2n) is 9.08. The van der Waals surface area contributed by atoms with Gasteiger partial charge in [-0.1, -0.05) is 29.8 Å². The first-order valence-corrected chi connectivity index (χ1v) is 11.9. The van der Waals surface area contributed by atoms with Crippen molar-refractivity contribution in [3.8, 4) is 0 Å². The lowest BCUT2D eigenvalue weighted by Gasteiger charge is -2.34. The van der Waals surface area contributed by atoms with Gasteiger partial charge < -0.3 is 19.7 Å². The Balaban J connectivity index is 1.35. The maximum absolute atomic E-state index is 12.6. The summed E-state index contributed by atoms with van der Waals surface area (Å²) >= 11 is 0. The molecule has 0 aliphatic carbocycles. The van der Waals surface area contributed by atoms with Gasteiger partial charge in [0.15, 0.2) is 0 Å². The van der Waals surface area contributed by atoms with Crippen LogP contribution < -0.4 is 5.32 Å². The van der Waals surface area contributed by atoms with Crippen LogP contribution in [0.4, 0.5) is 4.79 Å². The molecule has 1 N–H and O–H groups in total. The minimum atomic E-state index is -0.0220. The summed E-state index contributed by atoms with van der Waals surface area (Å²) in [5.74, 6) is 0.968. The molecule has 0 saturated carbocycles.